The van der Waals surface area contributed by atoms with Crippen LogP contribution in [-0.2, 0) is 0 Å². The van der Waals surface area contributed by atoms with Crippen molar-refractivity contribution in [3.05, 3.63) is 0 Å². The minimum Gasteiger partial charge on any atom is -0.309 e. The summed E-state index contributed by atoms with van der Waals surface area (Å²) in [6.07, 6.45) is 30.3. The van der Waals surface area contributed by atoms with E-state index in [-0.39, 0.29) is 0 Å². The van der Waals surface area contributed by atoms with Gasteiger partial charge in [-0.1, -0.05) is 110 Å². The Kier molecular flexibility index (Phi) is 21.9. The minimum atomic E-state index is 0.837. The van der Waals surface area contributed by atoms with Gasteiger partial charge in [0.15, 0.2) is 0 Å². The predicted octanol–water partition coefficient (Wildman–Crippen LogP) is 8.38. The van der Waals surface area contributed by atoms with E-state index < -0.39 is 0 Å². The monoisotopic (exact) mass is 480 g/mol. The van der Waals surface area contributed by atoms with Gasteiger partial charge in [0.05, 0.1) is 0 Å². The molecular formula is C31H65N3. The molecule has 0 aromatic carbocycles. The summed E-state index contributed by atoms with van der Waals surface area (Å²) in [5, 5.41) is 0. The summed E-state index contributed by atoms with van der Waals surface area (Å²) < 4.78 is 0. The van der Waals surface area contributed by atoms with Crippen molar-refractivity contribution in [2.45, 2.75) is 148 Å². The van der Waals surface area contributed by atoms with Crippen molar-refractivity contribution in [1.29, 1.82) is 0 Å². The first-order chi connectivity index (χ1) is 16.6. The van der Waals surface area contributed by atoms with Gasteiger partial charge in [-0.25, -0.2) is 0 Å². The van der Waals surface area contributed by atoms with Crippen LogP contribution in [0.1, 0.15) is 142 Å². The van der Waals surface area contributed by atoms with Gasteiger partial charge >= 0.3 is 0 Å². The third-order valence-electron chi connectivity index (χ3n) is 8.04. The zero-order valence-corrected chi connectivity index (χ0v) is 24.3. The number of piperidine rings is 1. The Morgan fingerprint density at radius 3 is 1.65 bits per heavy atom. The highest BCUT2D eigenvalue weighted by molar-refractivity contribution is 4.78. The van der Waals surface area contributed by atoms with Crippen LogP contribution in [0.15, 0.2) is 0 Å². The number of rotatable bonds is 24. The smallest absolute Gasteiger partial charge is 0.0107 e. The summed E-state index contributed by atoms with van der Waals surface area (Å²) >= 11 is 0. The summed E-state index contributed by atoms with van der Waals surface area (Å²) in [6, 6.07) is 0.837. The molecule has 1 atom stereocenters. The van der Waals surface area contributed by atoms with Crippen LogP contribution in [0.5, 0.6) is 0 Å². The quantitative estimate of drug-likeness (QED) is 0.129. The highest BCUT2D eigenvalue weighted by atomic mass is 15.2. The maximum absolute atomic E-state index is 2.80. The Morgan fingerprint density at radius 1 is 0.588 bits per heavy atom. The zero-order valence-electron chi connectivity index (χ0n) is 24.3. The van der Waals surface area contributed by atoms with Crippen LogP contribution < -0.4 is 0 Å². The van der Waals surface area contributed by atoms with Crippen LogP contribution in [0, 0.1) is 0 Å². The van der Waals surface area contributed by atoms with Crippen LogP contribution >= 0.6 is 0 Å². The van der Waals surface area contributed by atoms with E-state index in [9.17, 15) is 0 Å². The van der Waals surface area contributed by atoms with Crippen molar-refractivity contribution in [1.82, 2.24) is 14.7 Å². The largest absolute Gasteiger partial charge is 0.309 e. The van der Waals surface area contributed by atoms with E-state index in [1.807, 2.05) is 0 Å². The lowest BCUT2D eigenvalue weighted by Gasteiger charge is -2.37. The molecule has 34 heavy (non-hydrogen) atoms. The maximum Gasteiger partial charge on any atom is 0.0107 e. The zero-order chi connectivity index (χ0) is 24.7. The number of likely N-dealkylation sites (tertiary alicyclic amines) is 1. The molecule has 1 fully saturated rings. The van der Waals surface area contributed by atoms with Crippen LogP contribution in [0.4, 0.5) is 0 Å². The lowest BCUT2D eigenvalue weighted by atomic mass is 9.98. The fraction of sp³-hybridized carbons (Fsp3) is 1.00. The summed E-state index contributed by atoms with van der Waals surface area (Å²) in [5.74, 6) is 0. The minimum absolute atomic E-state index is 0.837. The van der Waals surface area contributed by atoms with Crippen molar-refractivity contribution in [2.75, 3.05) is 53.9 Å². The van der Waals surface area contributed by atoms with E-state index in [4.69, 9.17) is 0 Å². The molecule has 1 saturated heterocycles. The van der Waals surface area contributed by atoms with Crippen molar-refractivity contribution >= 4 is 0 Å². The van der Waals surface area contributed by atoms with E-state index in [1.54, 1.807) is 0 Å². The fourth-order valence-corrected chi connectivity index (χ4v) is 5.68. The topological polar surface area (TPSA) is 9.72 Å². The Hall–Kier alpha value is -0.120. The predicted molar refractivity (Wildman–Crippen MR) is 154 cm³/mol. The fourth-order valence-electron chi connectivity index (χ4n) is 5.68. The molecule has 1 rings (SSSR count). The van der Waals surface area contributed by atoms with E-state index >= 15 is 0 Å². The molecule has 0 bridgehead atoms. The Balaban J connectivity index is 1.88. The van der Waals surface area contributed by atoms with Crippen LogP contribution in [0.2, 0.25) is 0 Å². The average molecular weight is 480 g/mol. The molecule has 3 nitrogen and oxygen atoms in total. The highest BCUT2D eigenvalue weighted by Gasteiger charge is 2.21. The molecule has 3 heteroatoms. The SMILES string of the molecule is CCCCCCCCCCCCCCCCCCN(C)CCC1CCCCN1CCCN(C)C. The number of hydrogen-bond donors (Lipinski definition) is 0. The van der Waals surface area contributed by atoms with E-state index in [0.29, 0.717) is 0 Å². The summed E-state index contributed by atoms with van der Waals surface area (Å²) in [7, 11) is 6.74. The molecule has 0 aliphatic carbocycles. The summed E-state index contributed by atoms with van der Waals surface area (Å²) in [5.41, 5.74) is 0. The second-order valence-corrected chi connectivity index (χ2v) is 11.7. The standard InChI is InChI=1S/C31H65N3/c1-5-6-7-8-9-10-11-12-13-14-15-16-17-18-19-21-27-33(4)30-25-31-24-20-22-28-34(31)29-23-26-32(2)3/h31H,5-30H2,1-4H3. The molecule has 1 heterocycles. The van der Waals surface area contributed by atoms with Crippen LogP contribution in [-0.4, -0.2) is 74.6 Å². The third kappa shape index (κ3) is 19.1. The molecule has 0 spiro atoms. The first-order valence-corrected chi connectivity index (χ1v) is 15.7. The second-order valence-electron chi connectivity index (χ2n) is 11.7. The first-order valence-electron chi connectivity index (χ1n) is 15.7. The molecule has 1 unspecified atom stereocenters. The van der Waals surface area contributed by atoms with Gasteiger partial charge in [0, 0.05) is 6.04 Å². The number of nitrogens with zero attached hydrogens (tertiary/aromatic N) is 3. The van der Waals surface area contributed by atoms with Crippen molar-refractivity contribution in [3.8, 4) is 0 Å². The molecular weight excluding hydrogens is 414 g/mol. The molecule has 204 valence electrons. The lowest BCUT2D eigenvalue weighted by Crippen LogP contribution is -2.42. The second kappa shape index (κ2) is 23.3. The van der Waals surface area contributed by atoms with Gasteiger partial charge in [0.1, 0.15) is 0 Å². The van der Waals surface area contributed by atoms with E-state index in [1.165, 1.54) is 168 Å². The van der Waals surface area contributed by atoms with Gasteiger partial charge in [0.2, 0.25) is 0 Å². The normalized spacial score (nSPS) is 17.3. The van der Waals surface area contributed by atoms with Gasteiger partial charge in [0.25, 0.3) is 0 Å². The van der Waals surface area contributed by atoms with Crippen molar-refractivity contribution in [2.24, 2.45) is 0 Å². The van der Waals surface area contributed by atoms with Gasteiger partial charge in [-0.2, -0.15) is 0 Å². The van der Waals surface area contributed by atoms with Gasteiger partial charge < -0.3 is 14.7 Å². The van der Waals surface area contributed by atoms with Gasteiger partial charge in [-0.15, -0.1) is 0 Å². The van der Waals surface area contributed by atoms with Crippen molar-refractivity contribution in [3.63, 3.8) is 0 Å². The Labute approximate surface area is 216 Å². The molecule has 0 aromatic rings. The number of hydrogen-bond acceptors (Lipinski definition) is 3. The van der Waals surface area contributed by atoms with E-state index in [2.05, 4.69) is 42.8 Å². The lowest BCUT2D eigenvalue weighted by molar-refractivity contribution is 0.124. The van der Waals surface area contributed by atoms with Gasteiger partial charge in [-0.05, 0) is 86.0 Å². The summed E-state index contributed by atoms with van der Waals surface area (Å²) in [4.78, 5) is 7.73. The molecule has 0 saturated carbocycles. The molecule has 0 amide bonds. The van der Waals surface area contributed by atoms with E-state index in [0.717, 1.165) is 6.04 Å². The first kappa shape index (κ1) is 31.9. The van der Waals surface area contributed by atoms with Crippen LogP contribution in [0.25, 0.3) is 0 Å². The highest BCUT2D eigenvalue weighted by Crippen LogP contribution is 2.20. The molecule has 1 aliphatic rings. The average Bonchev–Trinajstić information content (AvgIpc) is 2.83. The molecule has 0 radical (unpaired) electrons. The van der Waals surface area contributed by atoms with Crippen molar-refractivity contribution < 1.29 is 0 Å². The summed E-state index contributed by atoms with van der Waals surface area (Å²) in [6.45, 7) is 8.74. The Morgan fingerprint density at radius 2 is 1.12 bits per heavy atom. The van der Waals surface area contributed by atoms with Gasteiger partial charge in [-0.3, -0.25) is 0 Å². The Bertz CT molecular complexity index is 411. The third-order valence-corrected chi connectivity index (χ3v) is 8.04. The maximum atomic E-state index is 2.80. The molecule has 0 N–H and O–H groups in total. The molecule has 0 aromatic heterocycles. The molecule has 1 aliphatic heterocycles. The van der Waals surface area contributed by atoms with Crippen LogP contribution in [0.3, 0.4) is 0 Å². The number of unbranched alkanes of at least 4 members (excludes halogenated alkanes) is 15.